The molecule has 0 aromatic heterocycles. The number of carbonyl (C=O) groups excluding carboxylic acids is 1. The number of rotatable bonds is 7. The van der Waals surface area contributed by atoms with E-state index in [0.717, 1.165) is 24.0 Å². The average Bonchev–Trinajstić information content (AvgIpc) is 2.67. The zero-order chi connectivity index (χ0) is 18.4. The topological polar surface area (TPSA) is 69.4 Å². The van der Waals surface area contributed by atoms with Gasteiger partial charge < -0.3 is 4.74 Å². The summed E-state index contributed by atoms with van der Waals surface area (Å²) in [5, 5.41) is 11.9. The van der Waals surface area contributed by atoms with E-state index >= 15 is 0 Å². The smallest absolute Gasteiger partial charge is 0.312 e. The molecule has 0 N–H and O–H groups in total. The first-order valence-electron chi connectivity index (χ1n) is 9.03. The Morgan fingerprint density at radius 2 is 1.69 bits per heavy atom. The van der Waals surface area contributed by atoms with E-state index in [1.165, 1.54) is 0 Å². The summed E-state index contributed by atoms with van der Waals surface area (Å²) in [7, 11) is 0. The quantitative estimate of drug-likeness (QED) is 0.421. The van der Waals surface area contributed by atoms with Gasteiger partial charge in [0, 0.05) is 12.3 Å². The molecule has 0 bridgehead atoms. The molecule has 2 aromatic carbocycles. The van der Waals surface area contributed by atoms with E-state index in [9.17, 15) is 14.9 Å². The first-order valence-corrected chi connectivity index (χ1v) is 9.03. The lowest BCUT2D eigenvalue weighted by molar-refractivity contribution is -0.583. The molecule has 5 heteroatoms. The normalized spacial score (nSPS) is 19.7. The van der Waals surface area contributed by atoms with E-state index in [0.29, 0.717) is 12.8 Å². The maximum Gasteiger partial charge on any atom is 0.323 e. The van der Waals surface area contributed by atoms with Crippen LogP contribution in [0.1, 0.15) is 42.7 Å². The minimum Gasteiger partial charge on any atom is -0.312 e. The van der Waals surface area contributed by atoms with E-state index < -0.39 is 12.1 Å². The average molecular weight is 353 g/mol. The fourth-order valence-corrected chi connectivity index (χ4v) is 3.71. The van der Waals surface area contributed by atoms with Crippen molar-refractivity contribution in [2.75, 3.05) is 0 Å². The summed E-state index contributed by atoms with van der Waals surface area (Å²) in [6.07, 6.45) is 1.71. The lowest BCUT2D eigenvalue weighted by atomic mass is 9.75. The van der Waals surface area contributed by atoms with Gasteiger partial charge in [-0.05, 0) is 24.0 Å². The number of nitro groups is 1. The molecule has 0 spiro atoms. The highest BCUT2D eigenvalue weighted by Gasteiger charge is 2.43. The Labute approximate surface area is 153 Å². The van der Waals surface area contributed by atoms with Gasteiger partial charge in [-0.15, -0.1) is 0 Å². The number of ketones is 1. The van der Waals surface area contributed by atoms with Gasteiger partial charge in [0.2, 0.25) is 0 Å². The van der Waals surface area contributed by atoms with Crippen LogP contribution < -0.4 is 0 Å². The Balaban J connectivity index is 1.88. The van der Waals surface area contributed by atoms with Gasteiger partial charge in [0.15, 0.2) is 0 Å². The van der Waals surface area contributed by atoms with Gasteiger partial charge in [0.1, 0.15) is 5.78 Å². The third kappa shape index (κ3) is 4.35. The third-order valence-corrected chi connectivity index (χ3v) is 5.00. The van der Waals surface area contributed by atoms with Crippen molar-refractivity contribution in [3.05, 3.63) is 81.9 Å². The highest BCUT2D eigenvalue weighted by Crippen LogP contribution is 2.38. The number of nitrogens with zero attached hydrogens (tertiary/aromatic N) is 1. The van der Waals surface area contributed by atoms with Crippen LogP contribution in [0.3, 0.4) is 0 Å². The maximum atomic E-state index is 12.5. The third-order valence-electron chi connectivity index (χ3n) is 5.00. The molecule has 5 nitrogen and oxygen atoms in total. The van der Waals surface area contributed by atoms with Gasteiger partial charge in [0.25, 0.3) is 0 Å². The van der Waals surface area contributed by atoms with Crippen molar-refractivity contribution in [2.24, 2.45) is 5.92 Å². The molecular formula is C21H23NO4. The molecule has 0 amide bonds. The van der Waals surface area contributed by atoms with Crippen LogP contribution >= 0.6 is 0 Å². The predicted octanol–water partition coefficient (Wildman–Crippen LogP) is 4.35. The summed E-state index contributed by atoms with van der Waals surface area (Å²) in [4.78, 5) is 24.0. The molecule has 3 atom stereocenters. The number of hydrogen-bond acceptors (Lipinski definition) is 4. The van der Waals surface area contributed by atoms with E-state index in [1.54, 1.807) is 0 Å². The summed E-state index contributed by atoms with van der Waals surface area (Å²) >= 11 is 0. The monoisotopic (exact) mass is 353 g/mol. The first kappa shape index (κ1) is 18.3. The first-order chi connectivity index (χ1) is 12.7. The maximum absolute atomic E-state index is 12.5. The van der Waals surface area contributed by atoms with Crippen molar-refractivity contribution >= 4 is 5.78 Å². The molecule has 3 rings (SSSR count). The molecule has 2 aromatic rings. The van der Waals surface area contributed by atoms with Crippen LogP contribution in [-0.4, -0.2) is 16.9 Å². The molecule has 0 aliphatic heterocycles. The van der Waals surface area contributed by atoms with Crippen molar-refractivity contribution in [3.63, 3.8) is 0 Å². The van der Waals surface area contributed by atoms with Crippen molar-refractivity contribution in [1.82, 2.24) is 0 Å². The second-order valence-corrected chi connectivity index (χ2v) is 6.73. The Morgan fingerprint density at radius 3 is 2.31 bits per heavy atom. The number of Topliss-reactive ketones (excluding diaryl/α,β-unsaturated/α-hetero) is 1. The van der Waals surface area contributed by atoms with E-state index in [2.05, 4.69) is 0 Å². The van der Waals surface area contributed by atoms with Crippen LogP contribution in [0.2, 0.25) is 0 Å². The van der Waals surface area contributed by atoms with Gasteiger partial charge in [-0.2, -0.15) is 0 Å². The Bertz CT molecular complexity index is 732. The highest BCUT2D eigenvalue weighted by atomic mass is 16.7. The van der Waals surface area contributed by atoms with Crippen LogP contribution in [0.15, 0.2) is 60.7 Å². The molecular weight excluding hydrogens is 330 g/mol. The molecule has 0 radical (unpaired) electrons. The molecule has 26 heavy (non-hydrogen) atoms. The van der Waals surface area contributed by atoms with E-state index in [4.69, 9.17) is 4.74 Å². The lowest BCUT2D eigenvalue weighted by Crippen LogP contribution is -2.39. The second-order valence-electron chi connectivity index (χ2n) is 6.73. The predicted molar refractivity (Wildman–Crippen MR) is 98.2 cm³/mol. The zero-order valence-corrected chi connectivity index (χ0v) is 14.6. The van der Waals surface area contributed by atoms with Crippen molar-refractivity contribution < 1.29 is 14.5 Å². The Kier molecular flexibility index (Phi) is 6.12. The molecule has 0 unspecified atom stereocenters. The number of benzene rings is 2. The minimum atomic E-state index is -1.25. The van der Waals surface area contributed by atoms with Crippen LogP contribution in [0.4, 0.5) is 0 Å². The summed E-state index contributed by atoms with van der Waals surface area (Å²) in [6, 6.07) is 18.7. The molecule has 1 fully saturated rings. The van der Waals surface area contributed by atoms with Gasteiger partial charge in [0.05, 0.1) is 17.4 Å². The van der Waals surface area contributed by atoms with Crippen LogP contribution in [0.25, 0.3) is 0 Å². The fraction of sp³-hybridized carbons (Fsp3) is 0.381. The van der Waals surface area contributed by atoms with Crippen molar-refractivity contribution in [1.29, 1.82) is 0 Å². The summed E-state index contributed by atoms with van der Waals surface area (Å²) in [5.41, 5.74) is 1.67. The second kappa shape index (κ2) is 8.72. The van der Waals surface area contributed by atoms with Gasteiger partial charge in [-0.25, -0.2) is 0 Å². The molecule has 0 heterocycles. The van der Waals surface area contributed by atoms with Crippen LogP contribution in [-0.2, 0) is 16.1 Å². The number of ether oxygens (including phenoxy) is 1. The van der Waals surface area contributed by atoms with Gasteiger partial charge >= 0.3 is 6.23 Å². The van der Waals surface area contributed by atoms with Crippen molar-refractivity contribution in [3.8, 4) is 0 Å². The molecule has 0 saturated heterocycles. The Hall–Kier alpha value is -2.53. The summed E-state index contributed by atoms with van der Waals surface area (Å²) in [6.45, 7) is 0.150. The lowest BCUT2D eigenvalue weighted by Gasteiger charge is -2.30. The summed E-state index contributed by atoms with van der Waals surface area (Å²) < 4.78 is 5.76. The van der Waals surface area contributed by atoms with Crippen molar-refractivity contribution in [2.45, 2.75) is 44.4 Å². The largest absolute Gasteiger partial charge is 0.323 e. The SMILES string of the molecule is O=C1CCCC[C@H]1[C@H](c1ccccc1)[C@@H](OCc1ccccc1)[N+](=O)[O-]. The number of hydrogen-bond donors (Lipinski definition) is 0. The summed E-state index contributed by atoms with van der Waals surface area (Å²) in [5.74, 6) is -0.819. The molecule has 1 aliphatic carbocycles. The van der Waals surface area contributed by atoms with Crippen LogP contribution in [0.5, 0.6) is 0 Å². The highest BCUT2D eigenvalue weighted by molar-refractivity contribution is 5.82. The molecule has 136 valence electrons. The minimum absolute atomic E-state index is 0.111. The van der Waals surface area contributed by atoms with E-state index in [-0.39, 0.29) is 23.2 Å². The van der Waals surface area contributed by atoms with Gasteiger partial charge in [-0.1, -0.05) is 67.1 Å². The van der Waals surface area contributed by atoms with Gasteiger partial charge in [-0.3, -0.25) is 14.9 Å². The number of carbonyl (C=O) groups is 1. The fourth-order valence-electron chi connectivity index (χ4n) is 3.71. The molecule has 1 saturated carbocycles. The standard InChI is InChI=1S/C21H23NO4/c23-19-14-8-7-13-18(19)20(17-11-5-2-6-12-17)21(22(24)25)26-15-16-9-3-1-4-10-16/h1-6,9-12,18,20-21H,7-8,13-15H2/t18-,20+,21-/m1/s1. The zero-order valence-electron chi connectivity index (χ0n) is 14.6. The molecule has 1 aliphatic rings. The Morgan fingerprint density at radius 1 is 1.04 bits per heavy atom. The van der Waals surface area contributed by atoms with Crippen LogP contribution in [0, 0.1) is 16.0 Å². The van der Waals surface area contributed by atoms with E-state index in [1.807, 2.05) is 60.7 Å².